The highest BCUT2D eigenvalue weighted by atomic mass is 16.5. The monoisotopic (exact) mass is 230 g/mol. The number of carboxylic acids is 1. The number of nitrogens with zero attached hydrogens (tertiary/aromatic N) is 1. The van der Waals surface area contributed by atoms with E-state index in [4.69, 9.17) is 9.84 Å². The van der Waals surface area contributed by atoms with Crippen molar-refractivity contribution in [1.82, 2.24) is 10.2 Å². The topological polar surface area (TPSA) is 78.9 Å². The predicted octanol–water partition coefficient (Wildman–Crippen LogP) is -0.846. The molecule has 16 heavy (non-hydrogen) atoms. The van der Waals surface area contributed by atoms with Crippen LogP contribution in [0.5, 0.6) is 0 Å². The molecule has 2 atom stereocenters. The van der Waals surface area contributed by atoms with Gasteiger partial charge >= 0.3 is 5.97 Å². The summed E-state index contributed by atoms with van der Waals surface area (Å²) in [6, 6.07) is -0.222. The Bertz CT molecular complexity index is 270. The Morgan fingerprint density at radius 3 is 2.75 bits per heavy atom. The predicted molar refractivity (Wildman–Crippen MR) is 57.0 cm³/mol. The highest BCUT2D eigenvalue weighted by Crippen LogP contribution is 2.18. The first kappa shape index (κ1) is 12.9. The van der Waals surface area contributed by atoms with Gasteiger partial charge in [0, 0.05) is 12.6 Å². The average molecular weight is 230 g/mol. The number of carbonyl (C=O) groups excluding carboxylic acids is 1. The normalized spacial score (nSPS) is 24.7. The van der Waals surface area contributed by atoms with Crippen LogP contribution >= 0.6 is 0 Å². The van der Waals surface area contributed by atoms with Crippen molar-refractivity contribution in [2.24, 2.45) is 5.92 Å². The summed E-state index contributed by atoms with van der Waals surface area (Å²) >= 11 is 0. The van der Waals surface area contributed by atoms with Crippen molar-refractivity contribution in [1.29, 1.82) is 0 Å². The number of carboxylic acid groups (broad SMARTS) is 1. The Hall–Kier alpha value is -1.14. The van der Waals surface area contributed by atoms with Crippen molar-refractivity contribution in [2.45, 2.75) is 13.0 Å². The Balaban J connectivity index is 2.49. The van der Waals surface area contributed by atoms with Crippen molar-refractivity contribution in [2.75, 3.05) is 33.4 Å². The summed E-state index contributed by atoms with van der Waals surface area (Å²) in [5, 5.41) is 11.6. The van der Waals surface area contributed by atoms with Crippen LogP contribution in [0.25, 0.3) is 0 Å². The molecule has 1 rings (SSSR count). The molecule has 0 saturated carbocycles. The number of carbonyl (C=O) groups is 2. The molecule has 6 nitrogen and oxygen atoms in total. The summed E-state index contributed by atoms with van der Waals surface area (Å²) in [5.74, 6) is -1.51. The zero-order chi connectivity index (χ0) is 12.1. The van der Waals surface area contributed by atoms with E-state index in [1.165, 1.54) is 0 Å². The van der Waals surface area contributed by atoms with E-state index in [-0.39, 0.29) is 25.1 Å². The largest absolute Gasteiger partial charge is 0.481 e. The molecule has 0 bridgehead atoms. The van der Waals surface area contributed by atoms with Crippen molar-refractivity contribution in [3.63, 3.8) is 0 Å². The number of nitrogens with one attached hydrogen (secondary N) is 1. The van der Waals surface area contributed by atoms with Gasteiger partial charge in [0.05, 0.1) is 25.7 Å². The minimum absolute atomic E-state index is 0.0963. The van der Waals surface area contributed by atoms with Crippen LogP contribution in [0, 0.1) is 5.92 Å². The first-order valence-corrected chi connectivity index (χ1v) is 5.33. The summed E-state index contributed by atoms with van der Waals surface area (Å²) in [6.07, 6.45) is 0. The Kier molecular flexibility index (Phi) is 4.70. The van der Waals surface area contributed by atoms with Gasteiger partial charge in [-0.1, -0.05) is 0 Å². The molecule has 0 aliphatic carbocycles. The minimum Gasteiger partial charge on any atom is -0.481 e. The molecular weight excluding hydrogens is 212 g/mol. The number of amides is 1. The number of rotatable bonds is 5. The molecule has 1 saturated heterocycles. The first-order chi connectivity index (χ1) is 7.56. The van der Waals surface area contributed by atoms with Crippen LogP contribution in [0.2, 0.25) is 0 Å². The summed E-state index contributed by atoms with van der Waals surface area (Å²) < 4.78 is 5.14. The smallest absolute Gasteiger partial charge is 0.310 e. The standard InChI is InChI=1S/C10H18N2O4/c1-3-11-9(13)4-12(2)8-6-16-5-7(8)10(14)15/h7-8H,3-6H2,1-2H3,(H,11,13)(H,14,15). The fourth-order valence-electron chi connectivity index (χ4n) is 1.81. The second-order valence-electron chi connectivity index (χ2n) is 3.92. The maximum atomic E-state index is 11.3. The van der Waals surface area contributed by atoms with Crippen LogP contribution in [-0.4, -0.2) is 61.3 Å². The lowest BCUT2D eigenvalue weighted by Crippen LogP contribution is -2.45. The summed E-state index contributed by atoms with van der Waals surface area (Å²) in [5.41, 5.74) is 0. The number of hydrogen-bond donors (Lipinski definition) is 2. The molecule has 92 valence electrons. The minimum atomic E-state index is -0.870. The molecule has 1 heterocycles. The highest BCUT2D eigenvalue weighted by Gasteiger charge is 2.36. The summed E-state index contributed by atoms with van der Waals surface area (Å²) in [4.78, 5) is 24.0. The second kappa shape index (κ2) is 5.81. The van der Waals surface area contributed by atoms with E-state index >= 15 is 0 Å². The third kappa shape index (κ3) is 3.18. The van der Waals surface area contributed by atoms with Gasteiger partial charge in [0.15, 0.2) is 0 Å². The van der Waals surface area contributed by atoms with Crippen LogP contribution in [0.15, 0.2) is 0 Å². The quantitative estimate of drug-likeness (QED) is 0.643. The van der Waals surface area contributed by atoms with Gasteiger partial charge in [0.1, 0.15) is 0 Å². The summed E-state index contributed by atoms with van der Waals surface area (Å²) in [7, 11) is 1.74. The third-order valence-electron chi connectivity index (χ3n) is 2.70. The fraction of sp³-hybridized carbons (Fsp3) is 0.800. The van der Waals surface area contributed by atoms with Gasteiger partial charge in [0.2, 0.25) is 5.91 Å². The van der Waals surface area contributed by atoms with Crippen molar-refractivity contribution >= 4 is 11.9 Å². The molecule has 0 spiro atoms. The number of hydrogen-bond acceptors (Lipinski definition) is 4. The summed E-state index contributed by atoms with van der Waals surface area (Å²) in [6.45, 7) is 3.21. The van der Waals surface area contributed by atoms with Crippen LogP contribution in [0.3, 0.4) is 0 Å². The third-order valence-corrected chi connectivity index (χ3v) is 2.70. The van der Waals surface area contributed by atoms with Crippen molar-refractivity contribution < 1.29 is 19.4 Å². The van der Waals surface area contributed by atoms with Crippen LogP contribution < -0.4 is 5.32 Å². The molecule has 0 aromatic rings. The maximum absolute atomic E-state index is 11.3. The molecule has 6 heteroatoms. The molecule has 0 aromatic carbocycles. The fourth-order valence-corrected chi connectivity index (χ4v) is 1.81. The van der Waals surface area contributed by atoms with Gasteiger partial charge in [-0.05, 0) is 14.0 Å². The highest BCUT2D eigenvalue weighted by molar-refractivity contribution is 5.78. The zero-order valence-corrected chi connectivity index (χ0v) is 9.60. The molecule has 2 unspecified atom stereocenters. The Morgan fingerprint density at radius 1 is 1.50 bits per heavy atom. The molecule has 0 radical (unpaired) electrons. The van der Waals surface area contributed by atoms with Gasteiger partial charge in [0.25, 0.3) is 0 Å². The SMILES string of the molecule is CCNC(=O)CN(C)C1COCC1C(=O)O. The lowest BCUT2D eigenvalue weighted by atomic mass is 10.0. The lowest BCUT2D eigenvalue weighted by molar-refractivity contribution is -0.143. The second-order valence-corrected chi connectivity index (χ2v) is 3.92. The van der Waals surface area contributed by atoms with Crippen LogP contribution in [0.1, 0.15) is 6.92 Å². The zero-order valence-electron chi connectivity index (χ0n) is 9.60. The Morgan fingerprint density at radius 2 is 2.19 bits per heavy atom. The molecular formula is C10H18N2O4. The molecule has 2 N–H and O–H groups in total. The van der Waals surface area contributed by atoms with E-state index in [9.17, 15) is 9.59 Å². The number of aliphatic carboxylic acids is 1. The maximum Gasteiger partial charge on any atom is 0.310 e. The number of likely N-dealkylation sites (N-methyl/N-ethyl adjacent to an activating group) is 2. The first-order valence-electron chi connectivity index (χ1n) is 5.33. The lowest BCUT2D eigenvalue weighted by Gasteiger charge is -2.25. The van der Waals surface area contributed by atoms with Crippen molar-refractivity contribution in [3.8, 4) is 0 Å². The molecule has 0 aromatic heterocycles. The van der Waals surface area contributed by atoms with E-state index < -0.39 is 11.9 Å². The molecule has 1 fully saturated rings. The van der Waals surface area contributed by atoms with Gasteiger partial charge < -0.3 is 15.2 Å². The van der Waals surface area contributed by atoms with Crippen LogP contribution in [-0.2, 0) is 14.3 Å². The van der Waals surface area contributed by atoms with Crippen molar-refractivity contribution in [3.05, 3.63) is 0 Å². The Labute approximate surface area is 94.6 Å². The van der Waals surface area contributed by atoms with Gasteiger partial charge in [-0.2, -0.15) is 0 Å². The van der Waals surface area contributed by atoms with E-state index in [1.807, 2.05) is 6.92 Å². The van der Waals surface area contributed by atoms with Gasteiger partial charge in [-0.15, -0.1) is 0 Å². The number of ether oxygens (including phenoxy) is 1. The van der Waals surface area contributed by atoms with Gasteiger partial charge in [-0.25, -0.2) is 0 Å². The van der Waals surface area contributed by atoms with Gasteiger partial charge in [-0.3, -0.25) is 14.5 Å². The average Bonchev–Trinajstić information content (AvgIpc) is 2.65. The molecule has 1 aliphatic rings. The van der Waals surface area contributed by atoms with Crippen LogP contribution in [0.4, 0.5) is 0 Å². The van der Waals surface area contributed by atoms with E-state index in [0.717, 1.165) is 0 Å². The molecule has 1 amide bonds. The van der Waals surface area contributed by atoms with E-state index in [0.29, 0.717) is 13.2 Å². The van der Waals surface area contributed by atoms with E-state index in [1.54, 1.807) is 11.9 Å². The van der Waals surface area contributed by atoms with E-state index in [2.05, 4.69) is 5.32 Å². The molecule has 1 aliphatic heterocycles.